The lowest BCUT2D eigenvalue weighted by Crippen LogP contribution is -2.53. The van der Waals surface area contributed by atoms with Crippen molar-refractivity contribution in [1.29, 1.82) is 0 Å². The van der Waals surface area contributed by atoms with Crippen LogP contribution in [0.15, 0.2) is 12.1 Å². The van der Waals surface area contributed by atoms with Gasteiger partial charge in [0.05, 0.1) is 12.7 Å². The van der Waals surface area contributed by atoms with E-state index in [1.54, 1.807) is 0 Å². The number of aliphatic hydroxyl groups is 1. The number of aryl methyl sites for hydroxylation is 1. The summed E-state index contributed by atoms with van der Waals surface area (Å²) in [5.41, 5.74) is 3.51. The molecule has 3 unspecified atom stereocenters. The predicted octanol–water partition coefficient (Wildman–Crippen LogP) is 4.17. The lowest BCUT2D eigenvalue weighted by atomic mass is 9.48. The van der Waals surface area contributed by atoms with E-state index in [1.165, 1.54) is 18.2 Å². The lowest BCUT2D eigenvalue weighted by Gasteiger charge is -2.54. The van der Waals surface area contributed by atoms with Crippen molar-refractivity contribution < 1.29 is 19.4 Å². The third kappa shape index (κ3) is 3.02. The second-order valence-electron chi connectivity index (χ2n) is 9.10. The average molecular weight is 373 g/mol. The van der Waals surface area contributed by atoms with Gasteiger partial charge in [0.15, 0.2) is 5.78 Å². The van der Waals surface area contributed by atoms with E-state index in [2.05, 4.69) is 26.8 Å². The van der Waals surface area contributed by atoms with Crippen LogP contribution in [0.2, 0.25) is 0 Å². The molecular formula is C23H32O4. The maximum absolute atomic E-state index is 12.6. The van der Waals surface area contributed by atoms with Crippen LogP contribution in [0, 0.1) is 11.3 Å². The van der Waals surface area contributed by atoms with Crippen LogP contribution < -0.4 is 0 Å². The summed E-state index contributed by atoms with van der Waals surface area (Å²) in [4.78, 5) is 25.1. The molecule has 3 rings (SSSR count). The quantitative estimate of drug-likeness (QED) is 0.806. The van der Waals surface area contributed by atoms with Gasteiger partial charge in [-0.05, 0) is 65.7 Å². The zero-order valence-electron chi connectivity index (χ0n) is 17.2. The second kappa shape index (κ2) is 7.05. The van der Waals surface area contributed by atoms with Crippen molar-refractivity contribution in [3.8, 4) is 0 Å². The van der Waals surface area contributed by atoms with Gasteiger partial charge in [0.25, 0.3) is 0 Å². The number of benzene rings is 1. The molecule has 1 fully saturated rings. The Hall–Kier alpha value is -1.68. The first kappa shape index (κ1) is 20.1. The van der Waals surface area contributed by atoms with Gasteiger partial charge in [0.2, 0.25) is 0 Å². The Morgan fingerprint density at radius 3 is 2.56 bits per heavy atom. The summed E-state index contributed by atoms with van der Waals surface area (Å²) in [5, 5.41) is 9.56. The Balaban J connectivity index is 2.17. The SMILES string of the molecule is COC(=O)c1cc2c(cc1C(C)C)CCC1C(C)(C(=O)CO)CCCC21C. The Bertz CT molecular complexity index is 766. The zero-order valence-corrected chi connectivity index (χ0v) is 17.2. The molecule has 1 saturated carbocycles. The van der Waals surface area contributed by atoms with Crippen LogP contribution in [0.25, 0.3) is 0 Å². The van der Waals surface area contributed by atoms with E-state index in [0.717, 1.165) is 37.7 Å². The fourth-order valence-corrected chi connectivity index (χ4v) is 5.81. The van der Waals surface area contributed by atoms with Gasteiger partial charge in [0.1, 0.15) is 6.61 Å². The molecule has 1 aromatic carbocycles. The van der Waals surface area contributed by atoms with Crippen LogP contribution in [-0.4, -0.2) is 30.6 Å². The summed E-state index contributed by atoms with van der Waals surface area (Å²) in [6.07, 6.45) is 4.64. The largest absolute Gasteiger partial charge is 0.465 e. The Labute approximate surface area is 162 Å². The summed E-state index contributed by atoms with van der Waals surface area (Å²) in [7, 11) is 1.42. The maximum Gasteiger partial charge on any atom is 0.338 e. The fourth-order valence-electron chi connectivity index (χ4n) is 5.81. The number of hydrogen-bond acceptors (Lipinski definition) is 4. The number of aliphatic hydroxyl groups excluding tert-OH is 1. The highest BCUT2D eigenvalue weighted by atomic mass is 16.5. The number of rotatable bonds is 4. The third-order valence-electron chi connectivity index (χ3n) is 7.33. The first-order chi connectivity index (χ1) is 12.7. The summed E-state index contributed by atoms with van der Waals surface area (Å²) < 4.78 is 5.06. The standard InChI is InChI=1S/C23H32O4/c1-14(2)16-11-15-7-8-19-22(3,18(15)12-17(16)21(26)27-5)9-6-10-23(19,4)20(25)13-24/h11-12,14,19,24H,6-10,13H2,1-5H3. The zero-order chi connectivity index (χ0) is 20.0. The molecule has 27 heavy (non-hydrogen) atoms. The van der Waals surface area contributed by atoms with Crippen LogP contribution in [0.1, 0.15) is 86.3 Å². The van der Waals surface area contributed by atoms with Crippen LogP contribution >= 0.6 is 0 Å². The summed E-state index contributed by atoms with van der Waals surface area (Å²) in [6, 6.07) is 4.23. The lowest BCUT2D eigenvalue weighted by molar-refractivity contribution is -0.139. The van der Waals surface area contributed by atoms with Gasteiger partial charge >= 0.3 is 5.97 Å². The molecule has 1 N–H and O–H groups in total. The van der Waals surface area contributed by atoms with Gasteiger partial charge in [-0.2, -0.15) is 0 Å². The molecule has 2 aliphatic rings. The number of ketones is 1. The third-order valence-corrected chi connectivity index (χ3v) is 7.33. The smallest absolute Gasteiger partial charge is 0.338 e. The molecule has 0 radical (unpaired) electrons. The number of esters is 1. The van der Waals surface area contributed by atoms with Gasteiger partial charge < -0.3 is 9.84 Å². The first-order valence-corrected chi connectivity index (χ1v) is 10.1. The summed E-state index contributed by atoms with van der Waals surface area (Å²) in [5.74, 6) is 0.0786. The molecule has 0 bridgehead atoms. The van der Waals surface area contributed by atoms with Crippen LogP contribution in [0.4, 0.5) is 0 Å². The summed E-state index contributed by atoms with van der Waals surface area (Å²) in [6.45, 7) is 8.07. The van der Waals surface area contributed by atoms with E-state index in [1.807, 2.05) is 13.0 Å². The van der Waals surface area contributed by atoms with Crippen LogP contribution in [0.3, 0.4) is 0 Å². The maximum atomic E-state index is 12.6. The van der Waals surface area contributed by atoms with Crippen molar-refractivity contribution in [2.75, 3.05) is 13.7 Å². The first-order valence-electron chi connectivity index (χ1n) is 10.1. The molecule has 1 aromatic rings. The highest BCUT2D eigenvalue weighted by molar-refractivity contribution is 5.92. The molecular weight excluding hydrogens is 340 g/mol. The predicted molar refractivity (Wildman–Crippen MR) is 105 cm³/mol. The van der Waals surface area contributed by atoms with Gasteiger partial charge in [-0.1, -0.05) is 40.2 Å². The van der Waals surface area contributed by atoms with Crippen molar-refractivity contribution in [3.05, 3.63) is 34.4 Å². The average Bonchev–Trinajstić information content (AvgIpc) is 2.65. The molecule has 148 valence electrons. The number of ether oxygens (including phenoxy) is 1. The number of fused-ring (bicyclic) bond motifs is 3. The van der Waals surface area contributed by atoms with Crippen molar-refractivity contribution >= 4 is 11.8 Å². The van der Waals surface area contributed by atoms with Crippen LogP contribution in [0.5, 0.6) is 0 Å². The number of carbonyl (C=O) groups is 2. The van der Waals surface area contributed by atoms with Gasteiger partial charge in [-0.3, -0.25) is 4.79 Å². The van der Waals surface area contributed by atoms with E-state index in [9.17, 15) is 14.7 Å². The highest BCUT2D eigenvalue weighted by Crippen LogP contribution is 2.57. The Kier molecular flexibility index (Phi) is 5.24. The highest BCUT2D eigenvalue weighted by Gasteiger charge is 2.54. The van der Waals surface area contributed by atoms with E-state index in [4.69, 9.17) is 4.74 Å². The van der Waals surface area contributed by atoms with E-state index in [0.29, 0.717) is 5.56 Å². The second-order valence-corrected chi connectivity index (χ2v) is 9.10. The van der Waals surface area contributed by atoms with E-state index in [-0.39, 0.29) is 29.0 Å². The topological polar surface area (TPSA) is 63.6 Å². The van der Waals surface area contributed by atoms with Crippen molar-refractivity contribution in [2.24, 2.45) is 11.3 Å². The van der Waals surface area contributed by atoms with E-state index >= 15 is 0 Å². The van der Waals surface area contributed by atoms with Crippen LogP contribution in [-0.2, 0) is 21.4 Å². The number of Topliss-reactive ketones (excluding diaryl/α,β-unsaturated/α-hetero) is 1. The van der Waals surface area contributed by atoms with E-state index < -0.39 is 12.0 Å². The molecule has 4 heteroatoms. The molecule has 0 aromatic heterocycles. The van der Waals surface area contributed by atoms with Gasteiger partial charge in [0, 0.05) is 5.41 Å². The molecule has 4 nitrogen and oxygen atoms in total. The molecule has 2 aliphatic carbocycles. The van der Waals surface area contributed by atoms with Gasteiger partial charge in [-0.25, -0.2) is 4.79 Å². The van der Waals surface area contributed by atoms with Crippen molar-refractivity contribution in [2.45, 2.75) is 71.1 Å². The minimum absolute atomic E-state index is 0.0473. The fraction of sp³-hybridized carbons (Fsp3) is 0.652. The molecule has 0 heterocycles. The monoisotopic (exact) mass is 372 g/mol. The Morgan fingerprint density at radius 2 is 1.96 bits per heavy atom. The number of methoxy groups -OCH3 is 1. The number of carbonyl (C=O) groups excluding carboxylic acids is 2. The Morgan fingerprint density at radius 1 is 1.26 bits per heavy atom. The molecule has 0 saturated heterocycles. The van der Waals surface area contributed by atoms with Crippen molar-refractivity contribution in [3.63, 3.8) is 0 Å². The minimum Gasteiger partial charge on any atom is -0.465 e. The summed E-state index contributed by atoms with van der Waals surface area (Å²) >= 11 is 0. The van der Waals surface area contributed by atoms with Crippen molar-refractivity contribution in [1.82, 2.24) is 0 Å². The van der Waals surface area contributed by atoms with Gasteiger partial charge in [-0.15, -0.1) is 0 Å². The molecule has 3 atom stereocenters. The molecule has 0 amide bonds. The molecule has 0 aliphatic heterocycles. The normalized spacial score (nSPS) is 29.8. The number of hydrogen-bond donors (Lipinski definition) is 1. The molecule has 0 spiro atoms. The minimum atomic E-state index is -0.498.